The molecule has 17 aromatic rings. The lowest BCUT2D eigenvalue weighted by molar-refractivity contribution is -0.661. The molecular weight excluding hydrogens is 1350 g/mol. The highest BCUT2D eigenvalue weighted by Gasteiger charge is 2.31. The molecule has 19 rings (SSSR count). The van der Waals surface area contributed by atoms with E-state index < -0.39 is 25.5 Å². The van der Waals surface area contributed by atoms with Crippen molar-refractivity contribution in [3.8, 4) is 78.4 Å². The van der Waals surface area contributed by atoms with E-state index in [0.29, 0.717) is 28.2 Å². The predicted octanol–water partition coefficient (Wildman–Crippen LogP) is 24.8. The van der Waals surface area contributed by atoms with Gasteiger partial charge in [-0.05, 0) is 227 Å². The zero-order valence-electron chi connectivity index (χ0n) is 72.0. The number of nitrogens with zero attached hydrogens (tertiary/aromatic N) is 5. The summed E-state index contributed by atoms with van der Waals surface area (Å²) in [4.78, 5) is 4.37. The van der Waals surface area contributed by atoms with Crippen LogP contribution in [0.3, 0.4) is 0 Å². The van der Waals surface area contributed by atoms with Gasteiger partial charge in [-0.15, -0.1) is 0 Å². The van der Waals surface area contributed by atoms with Gasteiger partial charge in [-0.25, -0.2) is 18.7 Å². The molecule has 0 atom stereocenters. The van der Waals surface area contributed by atoms with Crippen molar-refractivity contribution in [1.82, 2.24) is 4.98 Å². The molecule has 0 radical (unpaired) electrons. The van der Waals surface area contributed by atoms with Gasteiger partial charge >= 0.3 is 0 Å². The number of fused-ring (bicyclic) bond motifs is 9. The first-order chi connectivity index (χ1) is 56.7. The van der Waals surface area contributed by atoms with Crippen LogP contribution in [0.2, 0.25) is 0 Å². The topological polar surface area (TPSA) is 67.8 Å². The van der Waals surface area contributed by atoms with Crippen molar-refractivity contribution in [3.05, 3.63) is 317 Å². The van der Waals surface area contributed by atoms with Crippen molar-refractivity contribution >= 4 is 65.9 Å². The number of rotatable bonds is 9. The Morgan fingerprint density at radius 2 is 0.900 bits per heavy atom. The minimum absolute atomic E-state index is 0.00150. The van der Waals surface area contributed by atoms with Gasteiger partial charge in [0, 0.05) is 89.9 Å². The summed E-state index contributed by atoms with van der Waals surface area (Å²) in [6.07, 6.45) is 19.4. The molecule has 0 aliphatic heterocycles. The maximum absolute atomic E-state index is 14.6. The first-order valence-electron chi connectivity index (χ1n) is 42.3. The van der Waals surface area contributed by atoms with Gasteiger partial charge in [0.25, 0.3) is 0 Å². The number of para-hydroxylation sites is 2. The Kier molecular flexibility index (Phi) is 17.7. The van der Waals surface area contributed by atoms with Gasteiger partial charge < -0.3 is 13.3 Å². The minimum atomic E-state index is -2.57. The van der Waals surface area contributed by atoms with Gasteiger partial charge in [0.15, 0.2) is 30.6 Å². The Morgan fingerprint density at radius 3 is 1.54 bits per heavy atom. The van der Waals surface area contributed by atoms with Crippen molar-refractivity contribution in [2.24, 2.45) is 28.2 Å². The first kappa shape index (κ1) is 63.0. The summed E-state index contributed by atoms with van der Waals surface area (Å²) in [5.41, 5.74) is 24.4. The van der Waals surface area contributed by atoms with E-state index >= 15 is 0 Å². The quantitative estimate of drug-likeness (QED) is 0.135. The molecule has 110 heavy (non-hydrogen) atoms. The predicted molar refractivity (Wildman–Crippen MR) is 448 cm³/mol. The lowest BCUT2D eigenvalue weighted by atomic mass is 9.81. The molecule has 0 bridgehead atoms. The third kappa shape index (κ3) is 13.9. The van der Waals surface area contributed by atoms with Gasteiger partial charge in [-0.1, -0.05) is 159 Å². The fourth-order valence-corrected chi connectivity index (χ4v) is 17.0. The summed E-state index contributed by atoms with van der Waals surface area (Å²) in [6, 6.07) is 74.9. The van der Waals surface area contributed by atoms with Crippen LogP contribution in [0.15, 0.2) is 275 Å². The van der Waals surface area contributed by atoms with Crippen molar-refractivity contribution < 1.29 is 46.9 Å². The van der Waals surface area contributed by atoms with Crippen LogP contribution < -0.4 is 18.3 Å². The molecule has 546 valence electrons. The fraction of sp³-hybridized carbons (Fsp3) is 0.218. The van der Waals surface area contributed by atoms with Crippen molar-refractivity contribution in [3.63, 3.8) is 0 Å². The van der Waals surface area contributed by atoms with Crippen LogP contribution in [0.1, 0.15) is 131 Å². The molecule has 9 heteroatoms. The van der Waals surface area contributed by atoms with E-state index in [1.165, 1.54) is 39.8 Å². The Hall–Kier alpha value is -11.9. The number of pyridine rings is 5. The standard InChI is InChI=1S/C34H30NO.C25H26NO.C23H23N2O.C19H17FN/c1-21-12-14-25(15-13-21)26-19-22(2)32(23(3)20-26)30-10-8-18-35(5)33(30)27-16-17-29-28-9-6-7-11-31(28)36-34(29)24(27)4;1-17-19(14-15-23-24(17)21-11-6-7-13-22(21)27-23)25-20(12-8-16-26(25)2)18-9-4-3-5-10-18;1-15-17(11-12-20-21(15)19-9-5-13-24-23(19)26-20)22-18(10-6-14-25(22)2)16-7-3-4-8-16;1-14-8-6-7-11-17(14)19-18(20)12-16(13-21(19)2)15-9-4-3-5-10-15/h6-20H,1-5H3;6-8,11-16,18H,3-5,9-10H2,1-2H3;5-6,9-14,16H,3-4,7-8H2,1-2H3;3-13H,1-2H3/q4*+1/i2D3,3D3;18D;16D;. The van der Waals surface area contributed by atoms with Crippen LogP contribution in [-0.4, -0.2) is 4.98 Å². The summed E-state index contributed by atoms with van der Waals surface area (Å²) < 4.78 is 111. The number of benzene rings is 9. The molecule has 8 aromatic heterocycles. The van der Waals surface area contributed by atoms with Crippen LogP contribution in [-0.2, 0) is 28.2 Å². The van der Waals surface area contributed by atoms with E-state index in [1.54, 1.807) is 24.4 Å². The molecule has 0 amide bonds. The second-order valence-electron chi connectivity index (χ2n) is 29.6. The van der Waals surface area contributed by atoms with Gasteiger partial charge in [0.2, 0.25) is 28.5 Å². The minimum Gasteiger partial charge on any atom is -0.456 e. The molecule has 8 heterocycles. The third-order valence-electron chi connectivity index (χ3n) is 22.5. The van der Waals surface area contributed by atoms with Gasteiger partial charge in [0.05, 0.1) is 27.8 Å². The Morgan fingerprint density at radius 1 is 0.382 bits per heavy atom. The molecule has 2 saturated carbocycles. The number of aryl methyl sites for hydroxylation is 11. The molecule has 0 spiro atoms. The monoisotopic (exact) mass is 1450 g/mol. The number of aromatic nitrogens is 5. The molecule has 8 nitrogen and oxygen atoms in total. The van der Waals surface area contributed by atoms with E-state index in [2.05, 4.69) is 115 Å². The van der Waals surface area contributed by atoms with Crippen molar-refractivity contribution in [2.75, 3.05) is 0 Å². The number of hydrogen-bond acceptors (Lipinski definition) is 4. The van der Waals surface area contributed by atoms with Gasteiger partial charge in [-0.2, -0.15) is 8.96 Å². The average Bonchev–Trinajstić information content (AvgIpc) is 1.51. The molecule has 2 aliphatic carbocycles. The van der Waals surface area contributed by atoms with Crippen LogP contribution >= 0.6 is 0 Å². The van der Waals surface area contributed by atoms with E-state index in [1.807, 2.05) is 208 Å². The molecule has 0 N–H and O–H groups in total. The smallest absolute Gasteiger partial charge is 0.248 e. The highest BCUT2D eigenvalue weighted by Crippen LogP contribution is 2.45. The second-order valence-corrected chi connectivity index (χ2v) is 29.6. The van der Waals surface area contributed by atoms with E-state index in [-0.39, 0.29) is 22.5 Å². The highest BCUT2D eigenvalue weighted by molar-refractivity contribution is 6.10. The maximum Gasteiger partial charge on any atom is 0.248 e. The molecule has 0 saturated heterocycles. The van der Waals surface area contributed by atoms with Crippen molar-refractivity contribution in [2.45, 2.75) is 118 Å². The molecule has 2 fully saturated rings. The normalized spacial score (nSPS) is 15.1. The summed E-state index contributed by atoms with van der Waals surface area (Å²) in [5, 5.41) is 6.52. The molecule has 0 unspecified atom stereocenters. The Balaban J connectivity index is 0.000000121. The summed E-state index contributed by atoms with van der Waals surface area (Å²) in [5.74, 6) is -1.18. The Bertz CT molecular complexity index is 6630. The maximum atomic E-state index is 14.6. The Labute approximate surface area is 656 Å². The number of hydrogen-bond donors (Lipinski definition) is 0. The zero-order valence-corrected chi connectivity index (χ0v) is 64.0. The summed E-state index contributed by atoms with van der Waals surface area (Å²) >= 11 is 0. The van der Waals surface area contributed by atoms with Gasteiger partial charge in [-0.3, -0.25) is 0 Å². The number of halogens is 1. The average molecular weight is 1450 g/mol. The zero-order chi connectivity index (χ0) is 82.7. The third-order valence-corrected chi connectivity index (χ3v) is 22.5. The molecule has 9 aromatic carbocycles. The van der Waals surface area contributed by atoms with Gasteiger partial charge in [0.1, 0.15) is 56.1 Å². The summed E-state index contributed by atoms with van der Waals surface area (Å²) in [6.45, 7) is 5.15. The van der Waals surface area contributed by atoms with E-state index in [4.69, 9.17) is 22.8 Å². The fourth-order valence-electron chi connectivity index (χ4n) is 17.0. The SMILES string of the molecule is Cc1ccccc1-c1c(F)cc(-c2ccccc2)c[n+]1C.[2H]C([2H])([2H])c1cc(-c2ccc(C)cc2)cc(C([2H])([2H])[2H])c1-c1ccc[n+](C)c1-c1ccc2c(oc3ccccc32)c1C.[2H]C1(c2ccc[n+](C)c2-c2ccc3oc4ccccc4c3c2C)CCCCC1.[2H]C1(c2ccc[n+](C)c2-c2ccc3oc4ncccc4c3c2C)CCCC1. The molecular formula is C101H96FN5O3+4. The van der Waals surface area contributed by atoms with E-state index in [9.17, 15) is 5.76 Å². The second kappa shape index (κ2) is 31.0. The first-order valence-corrected chi connectivity index (χ1v) is 38.3. The summed E-state index contributed by atoms with van der Waals surface area (Å²) in [7, 11) is 7.95. The van der Waals surface area contributed by atoms with E-state index in [0.717, 1.165) is 168 Å². The highest BCUT2D eigenvalue weighted by atomic mass is 19.1. The lowest BCUT2D eigenvalue weighted by Gasteiger charge is -2.23. The van der Waals surface area contributed by atoms with Crippen LogP contribution in [0.25, 0.3) is 144 Å². The van der Waals surface area contributed by atoms with Crippen LogP contribution in [0, 0.1) is 54.1 Å². The van der Waals surface area contributed by atoms with Crippen molar-refractivity contribution in [1.29, 1.82) is 0 Å². The van der Waals surface area contributed by atoms with Crippen LogP contribution in [0.4, 0.5) is 4.39 Å². The van der Waals surface area contributed by atoms with Crippen LogP contribution in [0.5, 0.6) is 0 Å². The molecule has 2 aliphatic rings. The largest absolute Gasteiger partial charge is 0.456 e. The number of furan rings is 3. The lowest BCUT2D eigenvalue weighted by Crippen LogP contribution is -2.32.